The van der Waals surface area contributed by atoms with Gasteiger partial charge in [-0.25, -0.2) is 0 Å². The van der Waals surface area contributed by atoms with Crippen LogP contribution in [0.5, 0.6) is 0 Å². The molecule has 4 aromatic rings. The van der Waals surface area contributed by atoms with E-state index in [4.69, 9.17) is 0 Å². The van der Waals surface area contributed by atoms with Gasteiger partial charge in [-0.15, -0.1) is 0 Å². The third kappa shape index (κ3) is 4.05. The molecule has 4 rings (SSSR count). The lowest BCUT2D eigenvalue weighted by Gasteiger charge is -2.08. The topological polar surface area (TPSA) is 73.0 Å². The Labute approximate surface area is 169 Å². The Morgan fingerprint density at radius 2 is 1.93 bits per heavy atom. The number of aromatic nitrogens is 3. The van der Waals surface area contributed by atoms with E-state index in [2.05, 4.69) is 20.0 Å². The zero-order valence-electron chi connectivity index (χ0n) is 15.9. The fourth-order valence-corrected chi connectivity index (χ4v) is 3.21. The van der Waals surface area contributed by atoms with Crippen LogP contribution in [0, 0.1) is 6.92 Å². The van der Waals surface area contributed by atoms with Crippen LogP contribution < -0.4 is 5.32 Å². The first-order valence-electron chi connectivity index (χ1n) is 9.12. The van der Waals surface area contributed by atoms with E-state index >= 15 is 0 Å². The fraction of sp³-hybridized carbons (Fsp3) is 0.190. The second kappa shape index (κ2) is 7.66. The summed E-state index contributed by atoms with van der Waals surface area (Å²) in [5, 5.41) is 7.09. The molecule has 6 nitrogen and oxygen atoms in total. The highest BCUT2D eigenvalue weighted by molar-refractivity contribution is 5.89. The number of benzene rings is 2. The standard InChI is InChI=1S/C21H17F3N4O2/c1-13-11-28(12-18(29)25-10-14-5-3-2-4-6-14)17-8-7-15(9-16(13)17)19-26-20(30-27-19)21(22,23)24/h2-9,11H,10,12H2,1H3,(H,25,29). The van der Waals surface area contributed by atoms with Crippen molar-refractivity contribution in [3.05, 3.63) is 71.7 Å². The van der Waals surface area contributed by atoms with Gasteiger partial charge in [-0.3, -0.25) is 4.79 Å². The van der Waals surface area contributed by atoms with Crippen LogP contribution in [-0.2, 0) is 24.1 Å². The summed E-state index contributed by atoms with van der Waals surface area (Å²) < 4.78 is 44.2. The van der Waals surface area contributed by atoms with Gasteiger partial charge in [0.2, 0.25) is 11.7 Å². The second-order valence-electron chi connectivity index (χ2n) is 6.86. The van der Waals surface area contributed by atoms with Crippen molar-refractivity contribution in [1.29, 1.82) is 0 Å². The highest BCUT2D eigenvalue weighted by atomic mass is 19.4. The Hall–Kier alpha value is -3.62. The number of nitrogens with one attached hydrogen (secondary N) is 1. The normalized spacial score (nSPS) is 11.7. The lowest BCUT2D eigenvalue weighted by molar-refractivity contribution is -0.159. The summed E-state index contributed by atoms with van der Waals surface area (Å²) in [4.78, 5) is 15.8. The Morgan fingerprint density at radius 3 is 2.63 bits per heavy atom. The summed E-state index contributed by atoms with van der Waals surface area (Å²) in [5.41, 5.74) is 3.06. The molecular formula is C21H17F3N4O2. The van der Waals surface area contributed by atoms with Crippen molar-refractivity contribution in [3.63, 3.8) is 0 Å². The van der Waals surface area contributed by atoms with Crippen molar-refractivity contribution in [3.8, 4) is 11.4 Å². The van der Waals surface area contributed by atoms with Crippen molar-refractivity contribution in [1.82, 2.24) is 20.0 Å². The number of halogens is 3. The van der Waals surface area contributed by atoms with Gasteiger partial charge >= 0.3 is 12.1 Å². The number of fused-ring (bicyclic) bond motifs is 1. The van der Waals surface area contributed by atoms with Gasteiger partial charge < -0.3 is 14.4 Å². The van der Waals surface area contributed by atoms with Crippen LogP contribution in [0.15, 0.2) is 59.3 Å². The molecule has 0 bridgehead atoms. The summed E-state index contributed by atoms with van der Waals surface area (Å²) in [6.07, 6.45) is -2.87. The molecule has 2 aromatic heterocycles. The van der Waals surface area contributed by atoms with E-state index < -0.39 is 12.1 Å². The van der Waals surface area contributed by atoms with Crippen molar-refractivity contribution in [2.45, 2.75) is 26.2 Å². The smallest absolute Gasteiger partial charge is 0.350 e. The molecule has 0 fully saturated rings. The molecule has 0 aliphatic carbocycles. The van der Waals surface area contributed by atoms with E-state index in [0.29, 0.717) is 12.1 Å². The molecule has 2 aromatic carbocycles. The van der Waals surface area contributed by atoms with Crippen molar-refractivity contribution < 1.29 is 22.5 Å². The first kappa shape index (κ1) is 19.7. The fourth-order valence-electron chi connectivity index (χ4n) is 3.21. The molecule has 0 aliphatic heterocycles. The van der Waals surface area contributed by atoms with Crippen LogP contribution in [0.1, 0.15) is 17.0 Å². The largest absolute Gasteiger partial charge is 0.471 e. The molecule has 1 amide bonds. The molecule has 0 saturated carbocycles. The minimum Gasteiger partial charge on any atom is -0.350 e. The van der Waals surface area contributed by atoms with Gasteiger partial charge in [-0.1, -0.05) is 35.5 Å². The molecule has 30 heavy (non-hydrogen) atoms. The summed E-state index contributed by atoms with van der Waals surface area (Å²) in [6.45, 7) is 2.42. The Balaban J connectivity index is 1.53. The zero-order chi connectivity index (χ0) is 21.3. The lowest BCUT2D eigenvalue weighted by Crippen LogP contribution is -2.26. The van der Waals surface area contributed by atoms with Gasteiger partial charge in [-0.2, -0.15) is 18.2 Å². The SMILES string of the molecule is Cc1cn(CC(=O)NCc2ccccc2)c2ccc(-c3noc(C(F)(F)F)n3)cc12. The zero-order valence-corrected chi connectivity index (χ0v) is 15.9. The third-order valence-corrected chi connectivity index (χ3v) is 4.65. The van der Waals surface area contributed by atoms with Gasteiger partial charge in [-0.05, 0) is 36.2 Å². The molecule has 0 aliphatic rings. The Bertz CT molecular complexity index is 1200. The number of rotatable bonds is 5. The van der Waals surface area contributed by atoms with Gasteiger partial charge in [0.1, 0.15) is 6.54 Å². The van der Waals surface area contributed by atoms with E-state index in [1.54, 1.807) is 22.8 Å². The number of amides is 1. The minimum absolute atomic E-state index is 0.122. The van der Waals surface area contributed by atoms with Crippen LogP contribution in [0.25, 0.3) is 22.3 Å². The van der Waals surface area contributed by atoms with Crippen LogP contribution in [-0.4, -0.2) is 20.6 Å². The lowest BCUT2D eigenvalue weighted by atomic mass is 10.1. The molecule has 0 radical (unpaired) electrons. The number of nitrogens with zero attached hydrogens (tertiary/aromatic N) is 3. The highest BCUT2D eigenvalue weighted by Crippen LogP contribution is 2.31. The van der Waals surface area contributed by atoms with Gasteiger partial charge in [0, 0.05) is 29.2 Å². The van der Waals surface area contributed by atoms with E-state index in [1.807, 2.05) is 43.5 Å². The maximum Gasteiger partial charge on any atom is 0.471 e. The van der Waals surface area contributed by atoms with Crippen molar-refractivity contribution >= 4 is 16.8 Å². The number of aryl methyl sites for hydroxylation is 1. The summed E-state index contributed by atoms with van der Waals surface area (Å²) in [5.74, 6) is -1.67. The monoisotopic (exact) mass is 414 g/mol. The second-order valence-corrected chi connectivity index (χ2v) is 6.86. The van der Waals surface area contributed by atoms with E-state index in [-0.39, 0.29) is 18.3 Å². The molecule has 0 atom stereocenters. The van der Waals surface area contributed by atoms with Gasteiger partial charge in [0.25, 0.3) is 0 Å². The summed E-state index contributed by atoms with van der Waals surface area (Å²) >= 11 is 0. The maximum atomic E-state index is 12.7. The quantitative estimate of drug-likeness (QED) is 0.528. The maximum absolute atomic E-state index is 12.7. The van der Waals surface area contributed by atoms with E-state index in [1.165, 1.54) is 0 Å². The van der Waals surface area contributed by atoms with E-state index in [0.717, 1.165) is 22.0 Å². The molecule has 9 heteroatoms. The number of carbonyl (C=O) groups excluding carboxylic acids is 1. The molecule has 0 unspecified atom stereocenters. The van der Waals surface area contributed by atoms with Crippen LogP contribution in [0.2, 0.25) is 0 Å². The molecule has 2 heterocycles. The van der Waals surface area contributed by atoms with E-state index in [9.17, 15) is 18.0 Å². The van der Waals surface area contributed by atoms with Crippen LogP contribution in [0.3, 0.4) is 0 Å². The average Bonchev–Trinajstić information content (AvgIpc) is 3.33. The first-order valence-corrected chi connectivity index (χ1v) is 9.12. The summed E-state index contributed by atoms with van der Waals surface area (Å²) in [7, 11) is 0. The number of hydrogen-bond acceptors (Lipinski definition) is 4. The molecular weight excluding hydrogens is 397 g/mol. The summed E-state index contributed by atoms with van der Waals surface area (Å²) in [6, 6.07) is 14.6. The predicted octanol–water partition coefficient (Wildman–Crippen LogP) is 4.33. The van der Waals surface area contributed by atoms with Crippen molar-refractivity contribution in [2.24, 2.45) is 0 Å². The molecule has 1 N–H and O–H groups in total. The molecule has 0 saturated heterocycles. The van der Waals surface area contributed by atoms with Gasteiger partial charge in [0.05, 0.1) is 0 Å². The number of alkyl halides is 3. The highest BCUT2D eigenvalue weighted by Gasteiger charge is 2.38. The Morgan fingerprint density at radius 1 is 1.17 bits per heavy atom. The average molecular weight is 414 g/mol. The predicted molar refractivity (Wildman–Crippen MR) is 103 cm³/mol. The Kier molecular flexibility index (Phi) is 5.03. The number of hydrogen-bond donors (Lipinski definition) is 1. The van der Waals surface area contributed by atoms with Crippen LogP contribution in [0.4, 0.5) is 13.2 Å². The third-order valence-electron chi connectivity index (χ3n) is 4.65. The molecule has 0 spiro atoms. The van der Waals surface area contributed by atoms with Gasteiger partial charge in [0.15, 0.2) is 0 Å². The number of carbonyl (C=O) groups is 1. The first-order chi connectivity index (χ1) is 14.3. The van der Waals surface area contributed by atoms with Crippen LogP contribution >= 0.6 is 0 Å². The molecule has 154 valence electrons. The van der Waals surface area contributed by atoms with Crippen molar-refractivity contribution in [2.75, 3.05) is 0 Å². The minimum atomic E-state index is -4.69.